The first kappa shape index (κ1) is 15.3. The molecule has 0 aromatic heterocycles. The number of rotatable bonds is 4. The largest absolute Gasteiger partial charge is 0.355 e. The first-order chi connectivity index (χ1) is 9.66. The number of amides is 2. The molecule has 20 heavy (non-hydrogen) atoms. The molecule has 0 spiro atoms. The van der Waals surface area contributed by atoms with Crippen LogP contribution in [0.2, 0.25) is 0 Å². The van der Waals surface area contributed by atoms with Gasteiger partial charge in [0.2, 0.25) is 11.8 Å². The molecule has 2 amide bonds. The molecule has 0 atom stereocenters. The number of carbonyl (C=O) groups is 2. The van der Waals surface area contributed by atoms with Gasteiger partial charge in [-0.1, -0.05) is 0 Å². The number of hydrogen-bond donors (Lipinski definition) is 2. The van der Waals surface area contributed by atoms with Crippen molar-refractivity contribution in [3.05, 3.63) is 0 Å². The fourth-order valence-electron chi connectivity index (χ4n) is 2.91. The van der Waals surface area contributed by atoms with Crippen molar-refractivity contribution in [3.63, 3.8) is 0 Å². The monoisotopic (exact) mass is 282 g/mol. The zero-order chi connectivity index (χ0) is 14.4. The number of piperidine rings is 1. The molecule has 114 valence electrons. The quantitative estimate of drug-likeness (QED) is 0.713. The molecule has 2 fully saturated rings. The third kappa shape index (κ3) is 4.45. The van der Waals surface area contributed by atoms with Gasteiger partial charge in [0.05, 0.1) is 0 Å². The van der Waals surface area contributed by atoms with Crippen LogP contribution in [0.5, 0.6) is 0 Å². The van der Waals surface area contributed by atoms with E-state index in [0.717, 1.165) is 58.7 Å². The van der Waals surface area contributed by atoms with Crippen LogP contribution in [0, 0.1) is 5.92 Å². The second-order valence-electron chi connectivity index (χ2n) is 5.67. The molecule has 0 unspecified atom stereocenters. The Morgan fingerprint density at radius 3 is 2.40 bits per heavy atom. The zero-order valence-electron chi connectivity index (χ0n) is 12.4. The van der Waals surface area contributed by atoms with E-state index in [4.69, 9.17) is 0 Å². The van der Waals surface area contributed by atoms with Gasteiger partial charge in [0.25, 0.3) is 0 Å². The molecule has 0 aromatic carbocycles. The van der Waals surface area contributed by atoms with Gasteiger partial charge in [-0.2, -0.15) is 0 Å². The van der Waals surface area contributed by atoms with Gasteiger partial charge in [-0.3, -0.25) is 14.5 Å². The molecule has 0 saturated carbocycles. The Morgan fingerprint density at radius 2 is 1.80 bits per heavy atom. The van der Waals surface area contributed by atoms with E-state index in [0.29, 0.717) is 12.5 Å². The second-order valence-corrected chi connectivity index (χ2v) is 5.67. The van der Waals surface area contributed by atoms with Crippen LogP contribution in [0.4, 0.5) is 0 Å². The van der Waals surface area contributed by atoms with Crippen molar-refractivity contribution in [2.75, 3.05) is 52.4 Å². The minimum absolute atomic E-state index is 0.0183. The number of nitrogens with one attached hydrogen (secondary N) is 2. The summed E-state index contributed by atoms with van der Waals surface area (Å²) in [5, 5.41) is 6.11. The van der Waals surface area contributed by atoms with Crippen LogP contribution in [0.25, 0.3) is 0 Å². The van der Waals surface area contributed by atoms with Gasteiger partial charge in [-0.25, -0.2) is 0 Å². The highest BCUT2D eigenvalue weighted by Gasteiger charge is 2.28. The molecule has 2 heterocycles. The molecular formula is C14H26N4O2. The lowest BCUT2D eigenvalue weighted by Gasteiger charge is -2.37. The lowest BCUT2D eigenvalue weighted by atomic mass is 9.96. The highest BCUT2D eigenvalue weighted by molar-refractivity contribution is 5.79. The van der Waals surface area contributed by atoms with E-state index in [9.17, 15) is 9.59 Å². The van der Waals surface area contributed by atoms with E-state index >= 15 is 0 Å². The average molecular weight is 282 g/mol. The van der Waals surface area contributed by atoms with E-state index in [-0.39, 0.29) is 11.8 Å². The maximum Gasteiger partial charge on any atom is 0.225 e. The van der Waals surface area contributed by atoms with E-state index in [1.165, 1.54) is 6.92 Å². The Labute approximate surface area is 120 Å². The zero-order valence-corrected chi connectivity index (χ0v) is 12.4. The molecular weight excluding hydrogens is 256 g/mol. The van der Waals surface area contributed by atoms with Crippen molar-refractivity contribution in [1.29, 1.82) is 0 Å². The third-order valence-corrected chi connectivity index (χ3v) is 4.17. The van der Waals surface area contributed by atoms with Gasteiger partial charge in [0.15, 0.2) is 0 Å². The Morgan fingerprint density at radius 1 is 1.15 bits per heavy atom. The molecule has 6 heteroatoms. The van der Waals surface area contributed by atoms with Gasteiger partial charge < -0.3 is 15.5 Å². The van der Waals surface area contributed by atoms with E-state index in [1.54, 1.807) is 0 Å². The maximum atomic E-state index is 12.4. The Bertz CT molecular complexity index is 334. The minimum Gasteiger partial charge on any atom is -0.355 e. The van der Waals surface area contributed by atoms with Crippen LogP contribution >= 0.6 is 0 Å². The highest BCUT2D eigenvalue weighted by atomic mass is 16.2. The van der Waals surface area contributed by atoms with Crippen LogP contribution in [-0.2, 0) is 9.59 Å². The van der Waals surface area contributed by atoms with Crippen molar-refractivity contribution >= 4 is 11.8 Å². The molecule has 2 aliphatic heterocycles. The van der Waals surface area contributed by atoms with Crippen LogP contribution < -0.4 is 10.6 Å². The van der Waals surface area contributed by atoms with E-state index in [2.05, 4.69) is 15.5 Å². The molecule has 2 aliphatic rings. The van der Waals surface area contributed by atoms with Crippen molar-refractivity contribution in [1.82, 2.24) is 20.4 Å². The average Bonchev–Trinajstić information content (AvgIpc) is 2.48. The normalized spacial score (nSPS) is 21.8. The standard InChI is InChI=1S/C14H26N4O2/c1-12(19)16-6-7-17-8-10-18(11-9-17)14(20)13-2-4-15-5-3-13/h13,15H,2-11H2,1H3,(H,16,19). The summed E-state index contributed by atoms with van der Waals surface area (Å²) in [5.41, 5.74) is 0. The SMILES string of the molecule is CC(=O)NCCN1CCN(C(=O)C2CCNCC2)CC1. The van der Waals surface area contributed by atoms with Crippen LogP contribution in [0.3, 0.4) is 0 Å². The summed E-state index contributed by atoms with van der Waals surface area (Å²) in [7, 11) is 0. The number of nitrogens with zero attached hydrogens (tertiary/aromatic N) is 2. The van der Waals surface area contributed by atoms with Gasteiger partial charge in [0, 0.05) is 52.1 Å². The van der Waals surface area contributed by atoms with Crippen molar-refractivity contribution in [2.45, 2.75) is 19.8 Å². The van der Waals surface area contributed by atoms with Gasteiger partial charge >= 0.3 is 0 Å². The molecule has 0 radical (unpaired) electrons. The molecule has 0 aromatic rings. The van der Waals surface area contributed by atoms with Gasteiger partial charge in [-0.15, -0.1) is 0 Å². The molecule has 2 rings (SSSR count). The van der Waals surface area contributed by atoms with Crippen molar-refractivity contribution in [3.8, 4) is 0 Å². The first-order valence-electron chi connectivity index (χ1n) is 7.63. The van der Waals surface area contributed by atoms with Gasteiger partial charge in [0.1, 0.15) is 0 Å². The predicted octanol–water partition coefficient (Wildman–Crippen LogP) is -0.734. The Hall–Kier alpha value is -1.14. The molecule has 0 aliphatic carbocycles. The summed E-state index contributed by atoms with van der Waals surface area (Å²) in [5.74, 6) is 0.583. The fourth-order valence-corrected chi connectivity index (χ4v) is 2.91. The third-order valence-electron chi connectivity index (χ3n) is 4.17. The summed E-state index contributed by atoms with van der Waals surface area (Å²) in [6, 6.07) is 0. The summed E-state index contributed by atoms with van der Waals surface area (Å²) >= 11 is 0. The first-order valence-corrected chi connectivity index (χ1v) is 7.63. The molecule has 2 N–H and O–H groups in total. The van der Waals surface area contributed by atoms with Crippen molar-refractivity contribution in [2.24, 2.45) is 5.92 Å². The van der Waals surface area contributed by atoms with Crippen LogP contribution in [0.15, 0.2) is 0 Å². The lowest BCUT2D eigenvalue weighted by molar-refractivity contribution is -0.138. The number of piperazine rings is 1. The molecule has 2 saturated heterocycles. The fraction of sp³-hybridized carbons (Fsp3) is 0.857. The maximum absolute atomic E-state index is 12.4. The predicted molar refractivity (Wildman–Crippen MR) is 77.3 cm³/mol. The summed E-state index contributed by atoms with van der Waals surface area (Å²) < 4.78 is 0. The van der Waals surface area contributed by atoms with Crippen molar-refractivity contribution < 1.29 is 9.59 Å². The van der Waals surface area contributed by atoms with E-state index in [1.807, 2.05) is 4.90 Å². The van der Waals surface area contributed by atoms with E-state index < -0.39 is 0 Å². The van der Waals surface area contributed by atoms with Crippen LogP contribution in [-0.4, -0.2) is 74.0 Å². The summed E-state index contributed by atoms with van der Waals surface area (Å²) in [4.78, 5) is 27.5. The Balaban J connectivity index is 1.68. The van der Waals surface area contributed by atoms with Crippen LogP contribution in [0.1, 0.15) is 19.8 Å². The topological polar surface area (TPSA) is 64.7 Å². The molecule has 6 nitrogen and oxygen atoms in total. The highest BCUT2D eigenvalue weighted by Crippen LogP contribution is 2.16. The second kappa shape index (κ2) is 7.59. The minimum atomic E-state index is 0.0183. The lowest BCUT2D eigenvalue weighted by Crippen LogP contribution is -2.52. The Kier molecular flexibility index (Phi) is 5.79. The number of hydrogen-bond acceptors (Lipinski definition) is 4. The molecule has 0 bridgehead atoms. The summed E-state index contributed by atoms with van der Waals surface area (Å²) in [6.45, 7) is 8.50. The van der Waals surface area contributed by atoms with Gasteiger partial charge in [-0.05, 0) is 25.9 Å². The smallest absolute Gasteiger partial charge is 0.225 e. The summed E-state index contributed by atoms with van der Waals surface area (Å²) in [6.07, 6.45) is 1.95. The number of carbonyl (C=O) groups excluding carboxylic acids is 2.